The van der Waals surface area contributed by atoms with Crippen LogP contribution >= 0.6 is 0 Å². The van der Waals surface area contributed by atoms with E-state index in [0.29, 0.717) is 0 Å². The van der Waals surface area contributed by atoms with Gasteiger partial charge in [0.25, 0.3) is 0 Å². The van der Waals surface area contributed by atoms with Crippen LogP contribution in [-0.4, -0.2) is 23.1 Å². The second-order valence-corrected chi connectivity index (χ2v) is 4.52. The molecular weight excluding hydrogens is 186 g/mol. The SMILES string of the molecule is c1ncc(CCCCC2CCNCC2)[nH]1. The molecule has 2 N–H and O–H groups in total. The number of imidazole rings is 1. The third-order valence-electron chi connectivity index (χ3n) is 3.32. The molecule has 2 heterocycles. The molecule has 0 atom stereocenters. The maximum Gasteiger partial charge on any atom is 0.0921 e. The molecule has 0 amide bonds. The van der Waals surface area contributed by atoms with Crippen molar-refractivity contribution in [3.63, 3.8) is 0 Å². The molecule has 1 aliphatic heterocycles. The van der Waals surface area contributed by atoms with Crippen molar-refractivity contribution in [3.8, 4) is 0 Å². The first-order valence-electron chi connectivity index (χ1n) is 6.13. The first-order valence-corrected chi connectivity index (χ1v) is 6.13. The summed E-state index contributed by atoms with van der Waals surface area (Å²) in [6.07, 6.45) is 11.7. The normalized spacial score (nSPS) is 18.1. The van der Waals surface area contributed by atoms with Crippen LogP contribution in [0.4, 0.5) is 0 Å². The van der Waals surface area contributed by atoms with E-state index in [1.54, 1.807) is 6.33 Å². The Morgan fingerprint density at radius 3 is 2.87 bits per heavy atom. The van der Waals surface area contributed by atoms with Crippen LogP contribution < -0.4 is 5.32 Å². The Morgan fingerprint density at radius 1 is 1.27 bits per heavy atom. The number of hydrogen-bond acceptors (Lipinski definition) is 2. The molecule has 84 valence electrons. The van der Waals surface area contributed by atoms with Gasteiger partial charge in [-0.3, -0.25) is 0 Å². The average Bonchev–Trinajstić information content (AvgIpc) is 2.79. The summed E-state index contributed by atoms with van der Waals surface area (Å²) in [6.45, 7) is 2.45. The van der Waals surface area contributed by atoms with Gasteiger partial charge in [-0.1, -0.05) is 12.8 Å². The van der Waals surface area contributed by atoms with E-state index in [4.69, 9.17) is 0 Å². The van der Waals surface area contributed by atoms with Crippen LogP contribution in [0.25, 0.3) is 0 Å². The van der Waals surface area contributed by atoms with Gasteiger partial charge in [-0.15, -0.1) is 0 Å². The van der Waals surface area contributed by atoms with Crippen LogP contribution in [0.5, 0.6) is 0 Å². The van der Waals surface area contributed by atoms with Crippen LogP contribution in [0, 0.1) is 5.92 Å². The van der Waals surface area contributed by atoms with Gasteiger partial charge in [0.1, 0.15) is 0 Å². The Kier molecular flexibility index (Phi) is 4.21. The molecule has 1 aliphatic rings. The standard InChI is InChI=1S/C12H21N3/c1(2-4-12-9-14-10-15-12)3-11-5-7-13-8-6-11/h9-11,13H,1-8H2,(H,14,15). The predicted octanol–water partition coefficient (Wildman–Crippen LogP) is 2.12. The van der Waals surface area contributed by atoms with Gasteiger partial charge < -0.3 is 10.3 Å². The largest absolute Gasteiger partial charge is 0.348 e. The van der Waals surface area contributed by atoms with Gasteiger partial charge in [0.2, 0.25) is 0 Å². The molecule has 1 fully saturated rings. The number of hydrogen-bond donors (Lipinski definition) is 2. The summed E-state index contributed by atoms with van der Waals surface area (Å²) in [5.74, 6) is 0.980. The highest BCUT2D eigenvalue weighted by Crippen LogP contribution is 2.19. The third kappa shape index (κ3) is 3.67. The second kappa shape index (κ2) is 5.91. The number of unbranched alkanes of at least 4 members (excludes halogenated alkanes) is 1. The lowest BCUT2D eigenvalue weighted by atomic mass is 9.92. The molecular formula is C12H21N3. The number of aromatic nitrogens is 2. The Morgan fingerprint density at radius 2 is 2.13 bits per heavy atom. The number of rotatable bonds is 5. The van der Waals surface area contributed by atoms with Crippen molar-refractivity contribution < 1.29 is 0 Å². The van der Waals surface area contributed by atoms with E-state index in [2.05, 4.69) is 15.3 Å². The molecule has 1 aromatic rings. The first kappa shape index (κ1) is 10.7. The minimum Gasteiger partial charge on any atom is -0.348 e. The van der Waals surface area contributed by atoms with Crippen LogP contribution in [-0.2, 0) is 6.42 Å². The highest BCUT2D eigenvalue weighted by molar-refractivity contribution is 4.93. The molecule has 2 rings (SSSR count). The molecule has 3 heteroatoms. The quantitative estimate of drug-likeness (QED) is 0.726. The van der Waals surface area contributed by atoms with Crippen LogP contribution in [0.15, 0.2) is 12.5 Å². The minimum atomic E-state index is 0.980. The van der Waals surface area contributed by atoms with E-state index < -0.39 is 0 Å². The number of aromatic amines is 1. The Balaban J connectivity index is 1.54. The molecule has 1 saturated heterocycles. The highest BCUT2D eigenvalue weighted by Gasteiger charge is 2.11. The van der Waals surface area contributed by atoms with E-state index in [0.717, 1.165) is 12.3 Å². The lowest BCUT2D eigenvalue weighted by Gasteiger charge is -2.22. The van der Waals surface area contributed by atoms with E-state index in [-0.39, 0.29) is 0 Å². The molecule has 1 aromatic heterocycles. The van der Waals surface area contributed by atoms with Crippen LogP contribution in [0.2, 0.25) is 0 Å². The summed E-state index contributed by atoms with van der Waals surface area (Å²) < 4.78 is 0. The molecule has 3 nitrogen and oxygen atoms in total. The van der Waals surface area contributed by atoms with E-state index in [1.807, 2.05) is 6.20 Å². The van der Waals surface area contributed by atoms with Crippen LogP contribution in [0.1, 0.15) is 37.8 Å². The topological polar surface area (TPSA) is 40.7 Å². The predicted molar refractivity (Wildman–Crippen MR) is 61.7 cm³/mol. The molecule has 0 aliphatic carbocycles. The van der Waals surface area contributed by atoms with Crippen molar-refractivity contribution in [2.75, 3.05) is 13.1 Å². The first-order chi connectivity index (χ1) is 7.45. The summed E-state index contributed by atoms with van der Waals surface area (Å²) in [5.41, 5.74) is 1.28. The van der Waals surface area contributed by atoms with Gasteiger partial charge in [-0.05, 0) is 44.7 Å². The fourth-order valence-corrected chi connectivity index (χ4v) is 2.34. The fourth-order valence-electron chi connectivity index (χ4n) is 2.34. The summed E-state index contributed by atoms with van der Waals surface area (Å²) >= 11 is 0. The number of nitrogens with one attached hydrogen (secondary N) is 2. The number of piperidine rings is 1. The Labute approximate surface area is 91.7 Å². The van der Waals surface area contributed by atoms with Gasteiger partial charge >= 0.3 is 0 Å². The molecule has 0 spiro atoms. The number of aryl methyl sites for hydroxylation is 1. The van der Waals surface area contributed by atoms with E-state index in [1.165, 1.54) is 50.9 Å². The molecule has 15 heavy (non-hydrogen) atoms. The molecule has 0 aromatic carbocycles. The van der Waals surface area contributed by atoms with Crippen molar-refractivity contribution in [3.05, 3.63) is 18.2 Å². The molecule has 0 bridgehead atoms. The van der Waals surface area contributed by atoms with Gasteiger partial charge in [-0.25, -0.2) is 4.98 Å². The van der Waals surface area contributed by atoms with Crippen molar-refractivity contribution in [1.82, 2.24) is 15.3 Å². The Bertz CT molecular complexity index is 250. The zero-order chi connectivity index (χ0) is 10.3. The summed E-state index contributed by atoms with van der Waals surface area (Å²) in [5, 5.41) is 3.41. The van der Waals surface area contributed by atoms with Gasteiger partial charge in [0.15, 0.2) is 0 Å². The number of nitrogens with zero attached hydrogens (tertiary/aromatic N) is 1. The second-order valence-electron chi connectivity index (χ2n) is 4.52. The number of H-pyrrole nitrogens is 1. The van der Waals surface area contributed by atoms with Crippen LogP contribution in [0.3, 0.4) is 0 Å². The summed E-state index contributed by atoms with van der Waals surface area (Å²) in [4.78, 5) is 7.18. The maximum atomic E-state index is 4.03. The lowest BCUT2D eigenvalue weighted by Crippen LogP contribution is -2.27. The molecule has 0 saturated carbocycles. The highest BCUT2D eigenvalue weighted by atomic mass is 14.9. The van der Waals surface area contributed by atoms with Gasteiger partial charge in [0.05, 0.1) is 6.33 Å². The monoisotopic (exact) mass is 207 g/mol. The molecule has 0 unspecified atom stereocenters. The van der Waals surface area contributed by atoms with Crippen molar-refractivity contribution in [1.29, 1.82) is 0 Å². The van der Waals surface area contributed by atoms with Gasteiger partial charge in [-0.2, -0.15) is 0 Å². The van der Waals surface area contributed by atoms with Gasteiger partial charge in [0, 0.05) is 11.9 Å². The van der Waals surface area contributed by atoms with Crippen molar-refractivity contribution in [2.45, 2.75) is 38.5 Å². The zero-order valence-corrected chi connectivity index (χ0v) is 9.34. The van der Waals surface area contributed by atoms with E-state index >= 15 is 0 Å². The smallest absolute Gasteiger partial charge is 0.0921 e. The van der Waals surface area contributed by atoms with E-state index in [9.17, 15) is 0 Å². The third-order valence-corrected chi connectivity index (χ3v) is 3.32. The van der Waals surface area contributed by atoms with Crippen molar-refractivity contribution >= 4 is 0 Å². The summed E-state index contributed by atoms with van der Waals surface area (Å²) in [7, 11) is 0. The Hall–Kier alpha value is -0.830. The maximum absolute atomic E-state index is 4.03. The molecule has 0 radical (unpaired) electrons. The van der Waals surface area contributed by atoms with Crippen molar-refractivity contribution in [2.24, 2.45) is 5.92 Å². The average molecular weight is 207 g/mol. The lowest BCUT2D eigenvalue weighted by molar-refractivity contribution is 0.344. The summed E-state index contributed by atoms with van der Waals surface area (Å²) in [6, 6.07) is 0. The minimum absolute atomic E-state index is 0.980. The fraction of sp³-hybridized carbons (Fsp3) is 0.750. The zero-order valence-electron chi connectivity index (χ0n) is 9.34.